The molecular formula is C22H42O4. The van der Waals surface area contributed by atoms with E-state index in [0.717, 1.165) is 32.1 Å². The molecule has 4 nitrogen and oxygen atoms in total. The molecule has 0 bridgehead atoms. The summed E-state index contributed by atoms with van der Waals surface area (Å²) in [6, 6.07) is 0. The van der Waals surface area contributed by atoms with Crippen molar-refractivity contribution in [1.29, 1.82) is 0 Å². The summed E-state index contributed by atoms with van der Waals surface area (Å²) in [6.07, 6.45) is 7.68. The molecule has 0 saturated carbocycles. The molecule has 0 aromatic carbocycles. The average molecular weight is 371 g/mol. The van der Waals surface area contributed by atoms with E-state index in [-0.39, 0.29) is 18.1 Å². The number of esters is 2. The van der Waals surface area contributed by atoms with Gasteiger partial charge in [-0.25, -0.2) is 0 Å². The summed E-state index contributed by atoms with van der Waals surface area (Å²) in [7, 11) is 0. The Morgan fingerprint density at radius 1 is 0.769 bits per heavy atom. The molecule has 0 aromatic rings. The van der Waals surface area contributed by atoms with Crippen LogP contribution in [0, 0.1) is 11.3 Å². The lowest BCUT2D eigenvalue weighted by atomic mass is 9.82. The maximum atomic E-state index is 12.9. The van der Waals surface area contributed by atoms with Crippen LogP contribution < -0.4 is 0 Å². The highest BCUT2D eigenvalue weighted by Crippen LogP contribution is 2.32. The Kier molecular flexibility index (Phi) is 12.6. The molecule has 0 amide bonds. The Bertz CT molecular complexity index is 399. The van der Waals surface area contributed by atoms with Crippen LogP contribution in [0.3, 0.4) is 0 Å². The van der Waals surface area contributed by atoms with E-state index in [1.54, 1.807) is 0 Å². The summed E-state index contributed by atoms with van der Waals surface area (Å²) in [5, 5.41) is 0. The first-order valence-corrected chi connectivity index (χ1v) is 10.7. The Hall–Kier alpha value is -1.06. The first kappa shape index (κ1) is 24.9. The number of carbonyl (C=O) groups excluding carboxylic acids is 2. The molecular weight excluding hydrogens is 328 g/mol. The van der Waals surface area contributed by atoms with Gasteiger partial charge in [-0.05, 0) is 44.9 Å². The van der Waals surface area contributed by atoms with Gasteiger partial charge in [-0.2, -0.15) is 0 Å². The molecule has 0 saturated heterocycles. The first-order valence-electron chi connectivity index (χ1n) is 10.7. The van der Waals surface area contributed by atoms with E-state index >= 15 is 0 Å². The SMILES string of the molecule is CCCCCCC(C)OC(=O)C(CC)(CC)C(=O)OC(CCC)C(C)C. The molecule has 0 heterocycles. The molecule has 0 aromatic heterocycles. The molecule has 0 radical (unpaired) electrons. The molecule has 154 valence electrons. The lowest BCUT2D eigenvalue weighted by Crippen LogP contribution is -2.44. The summed E-state index contributed by atoms with van der Waals surface area (Å²) in [4.78, 5) is 25.8. The smallest absolute Gasteiger partial charge is 0.323 e. The third-order valence-corrected chi connectivity index (χ3v) is 5.34. The largest absolute Gasteiger partial charge is 0.462 e. The van der Waals surface area contributed by atoms with Crippen molar-refractivity contribution in [2.75, 3.05) is 0 Å². The predicted molar refractivity (Wildman–Crippen MR) is 107 cm³/mol. The van der Waals surface area contributed by atoms with Crippen LogP contribution in [-0.2, 0) is 19.1 Å². The average Bonchev–Trinajstić information content (AvgIpc) is 2.59. The minimum absolute atomic E-state index is 0.149. The van der Waals surface area contributed by atoms with Gasteiger partial charge in [-0.1, -0.05) is 67.2 Å². The Balaban J connectivity index is 4.97. The molecule has 0 aliphatic rings. The zero-order chi connectivity index (χ0) is 20.2. The maximum Gasteiger partial charge on any atom is 0.323 e. The Morgan fingerprint density at radius 3 is 1.81 bits per heavy atom. The van der Waals surface area contributed by atoms with E-state index < -0.39 is 17.4 Å². The van der Waals surface area contributed by atoms with E-state index in [9.17, 15) is 9.59 Å². The molecule has 0 aliphatic carbocycles. The molecule has 26 heavy (non-hydrogen) atoms. The van der Waals surface area contributed by atoms with Gasteiger partial charge >= 0.3 is 11.9 Å². The van der Waals surface area contributed by atoms with Gasteiger partial charge in [-0.3, -0.25) is 9.59 Å². The van der Waals surface area contributed by atoms with Crippen molar-refractivity contribution < 1.29 is 19.1 Å². The number of hydrogen-bond donors (Lipinski definition) is 0. The van der Waals surface area contributed by atoms with E-state index in [1.807, 2.05) is 34.6 Å². The molecule has 0 rings (SSSR count). The van der Waals surface area contributed by atoms with Gasteiger partial charge in [0, 0.05) is 0 Å². The van der Waals surface area contributed by atoms with Crippen LogP contribution in [0.15, 0.2) is 0 Å². The summed E-state index contributed by atoms with van der Waals surface area (Å²) in [6.45, 7) is 14.0. The minimum atomic E-state index is -1.18. The van der Waals surface area contributed by atoms with Gasteiger partial charge in [0.15, 0.2) is 5.41 Å². The fourth-order valence-electron chi connectivity index (χ4n) is 3.19. The summed E-state index contributed by atoms with van der Waals surface area (Å²) >= 11 is 0. The highest BCUT2D eigenvalue weighted by atomic mass is 16.6. The fraction of sp³-hybridized carbons (Fsp3) is 0.909. The second-order valence-corrected chi connectivity index (χ2v) is 7.83. The van der Waals surface area contributed by atoms with Gasteiger partial charge < -0.3 is 9.47 Å². The van der Waals surface area contributed by atoms with Gasteiger partial charge in [0.05, 0.1) is 6.10 Å². The van der Waals surface area contributed by atoms with Gasteiger partial charge in [-0.15, -0.1) is 0 Å². The second-order valence-electron chi connectivity index (χ2n) is 7.83. The predicted octanol–water partition coefficient (Wildman–Crippen LogP) is 6.06. The zero-order valence-electron chi connectivity index (χ0n) is 18.2. The number of unbranched alkanes of at least 4 members (excludes halogenated alkanes) is 3. The van der Waals surface area contributed by atoms with Crippen LogP contribution >= 0.6 is 0 Å². The van der Waals surface area contributed by atoms with E-state index in [0.29, 0.717) is 12.8 Å². The van der Waals surface area contributed by atoms with E-state index in [2.05, 4.69) is 13.8 Å². The lowest BCUT2D eigenvalue weighted by Gasteiger charge is -2.31. The molecule has 2 atom stereocenters. The molecule has 0 fully saturated rings. The van der Waals surface area contributed by atoms with Crippen molar-refractivity contribution in [1.82, 2.24) is 0 Å². The van der Waals surface area contributed by atoms with Crippen LogP contribution in [0.25, 0.3) is 0 Å². The maximum absolute atomic E-state index is 12.9. The zero-order valence-corrected chi connectivity index (χ0v) is 18.2. The normalized spacial score (nSPS) is 14.2. The van der Waals surface area contributed by atoms with Gasteiger partial charge in [0.1, 0.15) is 6.10 Å². The highest BCUT2D eigenvalue weighted by Gasteiger charge is 2.47. The first-order chi connectivity index (χ1) is 12.3. The Morgan fingerprint density at radius 2 is 1.35 bits per heavy atom. The standard InChI is InChI=1S/C22H42O4/c1-8-12-13-14-16-18(7)25-20(23)22(10-3,11-4)21(24)26-19(15-9-2)17(5)6/h17-19H,8-16H2,1-7H3. The highest BCUT2D eigenvalue weighted by molar-refractivity contribution is 6.00. The monoisotopic (exact) mass is 370 g/mol. The molecule has 4 heteroatoms. The van der Waals surface area contributed by atoms with Crippen LogP contribution in [0.4, 0.5) is 0 Å². The summed E-state index contributed by atoms with van der Waals surface area (Å²) in [5.41, 5.74) is -1.18. The number of rotatable bonds is 14. The number of carbonyl (C=O) groups is 2. The van der Waals surface area contributed by atoms with Crippen LogP contribution in [-0.4, -0.2) is 24.1 Å². The van der Waals surface area contributed by atoms with Crippen molar-refractivity contribution >= 4 is 11.9 Å². The summed E-state index contributed by atoms with van der Waals surface area (Å²) in [5.74, 6) is -0.605. The number of ether oxygens (including phenoxy) is 2. The fourth-order valence-corrected chi connectivity index (χ4v) is 3.19. The summed E-state index contributed by atoms with van der Waals surface area (Å²) < 4.78 is 11.4. The van der Waals surface area contributed by atoms with Gasteiger partial charge in [0.2, 0.25) is 0 Å². The van der Waals surface area contributed by atoms with Gasteiger partial charge in [0.25, 0.3) is 0 Å². The van der Waals surface area contributed by atoms with Crippen LogP contribution in [0.5, 0.6) is 0 Å². The third kappa shape index (κ3) is 7.67. The van der Waals surface area contributed by atoms with E-state index in [4.69, 9.17) is 9.47 Å². The lowest BCUT2D eigenvalue weighted by molar-refractivity contribution is -0.180. The van der Waals surface area contributed by atoms with Crippen molar-refractivity contribution in [2.24, 2.45) is 11.3 Å². The quantitative estimate of drug-likeness (QED) is 0.212. The molecule has 0 aliphatic heterocycles. The second kappa shape index (κ2) is 13.2. The third-order valence-electron chi connectivity index (χ3n) is 5.34. The van der Waals surface area contributed by atoms with Crippen molar-refractivity contribution in [3.8, 4) is 0 Å². The van der Waals surface area contributed by atoms with Crippen molar-refractivity contribution in [3.63, 3.8) is 0 Å². The molecule has 2 unspecified atom stereocenters. The Labute approximate surface area is 161 Å². The molecule has 0 spiro atoms. The van der Waals surface area contributed by atoms with E-state index in [1.165, 1.54) is 12.8 Å². The molecule has 0 N–H and O–H groups in total. The van der Waals surface area contributed by atoms with Crippen molar-refractivity contribution in [2.45, 2.75) is 118 Å². The number of hydrogen-bond acceptors (Lipinski definition) is 4. The minimum Gasteiger partial charge on any atom is -0.462 e. The van der Waals surface area contributed by atoms with Crippen LogP contribution in [0.2, 0.25) is 0 Å². The topological polar surface area (TPSA) is 52.6 Å². The van der Waals surface area contributed by atoms with Crippen molar-refractivity contribution in [3.05, 3.63) is 0 Å². The van der Waals surface area contributed by atoms with Crippen LogP contribution in [0.1, 0.15) is 106 Å².